The van der Waals surface area contributed by atoms with E-state index in [-0.39, 0.29) is 18.0 Å². The number of amides is 1. The van der Waals surface area contributed by atoms with Crippen LogP contribution in [-0.2, 0) is 4.79 Å². The lowest BCUT2D eigenvalue weighted by molar-refractivity contribution is -0.121. The Morgan fingerprint density at radius 2 is 2.40 bits per heavy atom. The van der Waals surface area contributed by atoms with E-state index in [1.165, 1.54) is 6.33 Å². The summed E-state index contributed by atoms with van der Waals surface area (Å²) in [5, 5.41) is 7.22. The van der Waals surface area contributed by atoms with Gasteiger partial charge in [0.25, 0.3) is 0 Å². The van der Waals surface area contributed by atoms with Crippen molar-refractivity contribution < 1.29 is 4.79 Å². The molecule has 0 bridgehead atoms. The standard InChI is InChI=1S/C9H15N5O/c1-6(14-5-11-4-12-14)8(9(10)15)13-7-2-3-7/h4-8,13H,2-3H2,1H3,(H2,10,15). The number of primary amides is 1. The van der Waals surface area contributed by atoms with Gasteiger partial charge < -0.3 is 11.1 Å². The summed E-state index contributed by atoms with van der Waals surface area (Å²) in [5.74, 6) is -0.343. The second kappa shape index (κ2) is 3.98. The fourth-order valence-electron chi connectivity index (χ4n) is 1.54. The van der Waals surface area contributed by atoms with Crippen molar-refractivity contribution in [2.24, 2.45) is 5.73 Å². The first-order valence-corrected chi connectivity index (χ1v) is 5.08. The average Bonchev–Trinajstić information content (AvgIpc) is 2.84. The number of carbonyl (C=O) groups is 1. The number of nitrogens with zero attached hydrogens (tertiary/aromatic N) is 3. The molecular formula is C9H15N5O. The predicted molar refractivity (Wildman–Crippen MR) is 53.9 cm³/mol. The van der Waals surface area contributed by atoms with E-state index in [9.17, 15) is 4.79 Å². The Bertz CT molecular complexity index is 332. The second-order valence-electron chi connectivity index (χ2n) is 3.94. The van der Waals surface area contributed by atoms with Crippen molar-refractivity contribution in [1.29, 1.82) is 0 Å². The maximum Gasteiger partial charge on any atom is 0.236 e. The number of rotatable bonds is 5. The van der Waals surface area contributed by atoms with Crippen molar-refractivity contribution in [3.63, 3.8) is 0 Å². The Labute approximate surface area is 87.9 Å². The zero-order valence-electron chi connectivity index (χ0n) is 8.63. The molecule has 1 aromatic heterocycles. The summed E-state index contributed by atoms with van der Waals surface area (Å²) in [6.07, 6.45) is 5.28. The van der Waals surface area contributed by atoms with Gasteiger partial charge in [-0.15, -0.1) is 0 Å². The normalized spacial score (nSPS) is 19.8. The van der Waals surface area contributed by atoms with Gasteiger partial charge in [0.2, 0.25) is 5.91 Å². The third-order valence-corrected chi connectivity index (χ3v) is 2.64. The molecule has 82 valence electrons. The van der Waals surface area contributed by atoms with E-state index in [4.69, 9.17) is 5.73 Å². The zero-order valence-corrected chi connectivity index (χ0v) is 8.63. The number of nitrogens with one attached hydrogen (secondary N) is 1. The van der Waals surface area contributed by atoms with Crippen LogP contribution in [0.4, 0.5) is 0 Å². The summed E-state index contributed by atoms with van der Waals surface area (Å²) in [4.78, 5) is 15.1. The van der Waals surface area contributed by atoms with E-state index >= 15 is 0 Å². The van der Waals surface area contributed by atoms with Crippen molar-refractivity contribution in [3.05, 3.63) is 12.7 Å². The topological polar surface area (TPSA) is 85.8 Å². The quantitative estimate of drug-likeness (QED) is 0.681. The van der Waals surface area contributed by atoms with Crippen LogP contribution >= 0.6 is 0 Å². The number of hydrogen-bond acceptors (Lipinski definition) is 4. The van der Waals surface area contributed by atoms with Gasteiger partial charge in [-0.1, -0.05) is 0 Å². The second-order valence-corrected chi connectivity index (χ2v) is 3.94. The third kappa shape index (κ3) is 2.33. The van der Waals surface area contributed by atoms with E-state index < -0.39 is 0 Å². The molecule has 15 heavy (non-hydrogen) atoms. The van der Waals surface area contributed by atoms with Crippen LogP contribution in [0.25, 0.3) is 0 Å². The monoisotopic (exact) mass is 209 g/mol. The lowest BCUT2D eigenvalue weighted by Crippen LogP contribution is -2.47. The van der Waals surface area contributed by atoms with Gasteiger partial charge in [0.15, 0.2) is 0 Å². The number of aromatic nitrogens is 3. The predicted octanol–water partition coefficient (Wildman–Crippen LogP) is -0.555. The first-order chi connectivity index (χ1) is 7.18. The third-order valence-electron chi connectivity index (χ3n) is 2.64. The average molecular weight is 209 g/mol. The minimum absolute atomic E-state index is 0.106. The molecule has 0 radical (unpaired) electrons. The molecule has 3 N–H and O–H groups in total. The molecule has 2 atom stereocenters. The molecule has 0 aromatic carbocycles. The van der Waals surface area contributed by atoms with E-state index in [2.05, 4.69) is 15.4 Å². The highest BCUT2D eigenvalue weighted by Gasteiger charge is 2.31. The highest BCUT2D eigenvalue weighted by molar-refractivity contribution is 5.80. The van der Waals surface area contributed by atoms with Crippen molar-refractivity contribution in [1.82, 2.24) is 20.1 Å². The van der Waals surface area contributed by atoms with Crippen molar-refractivity contribution in [3.8, 4) is 0 Å². The molecule has 1 saturated carbocycles. The van der Waals surface area contributed by atoms with Gasteiger partial charge in [0.05, 0.1) is 6.04 Å². The Morgan fingerprint density at radius 3 is 2.87 bits per heavy atom. The van der Waals surface area contributed by atoms with Crippen LogP contribution in [0.5, 0.6) is 0 Å². The van der Waals surface area contributed by atoms with Gasteiger partial charge in [-0.2, -0.15) is 5.10 Å². The number of nitrogens with two attached hydrogens (primary N) is 1. The molecule has 2 unspecified atom stereocenters. The maximum absolute atomic E-state index is 11.3. The fraction of sp³-hybridized carbons (Fsp3) is 0.667. The fourth-order valence-corrected chi connectivity index (χ4v) is 1.54. The highest BCUT2D eigenvalue weighted by atomic mass is 16.1. The maximum atomic E-state index is 11.3. The highest BCUT2D eigenvalue weighted by Crippen LogP contribution is 2.21. The Hall–Kier alpha value is -1.43. The smallest absolute Gasteiger partial charge is 0.236 e. The molecule has 2 rings (SSSR count). The van der Waals surface area contributed by atoms with Crippen LogP contribution in [-0.4, -0.2) is 32.8 Å². The molecule has 1 aliphatic rings. The largest absolute Gasteiger partial charge is 0.368 e. The molecule has 6 heteroatoms. The van der Waals surface area contributed by atoms with E-state index in [1.54, 1.807) is 11.0 Å². The molecular weight excluding hydrogens is 194 g/mol. The molecule has 0 aliphatic heterocycles. The summed E-state index contributed by atoms with van der Waals surface area (Å²) in [7, 11) is 0. The molecule has 0 saturated heterocycles. The Morgan fingerprint density at radius 1 is 1.67 bits per heavy atom. The van der Waals surface area contributed by atoms with Crippen LogP contribution in [0.2, 0.25) is 0 Å². The zero-order chi connectivity index (χ0) is 10.8. The summed E-state index contributed by atoms with van der Waals surface area (Å²) in [6.45, 7) is 1.90. The van der Waals surface area contributed by atoms with Crippen LogP contribution in [0, 0.1) is 0 Å². The molecule has 1 amide bonds. The summed E-state index contributed by atoms with van der Waals surface area (Å²) in [5.41, 5.74) is 5.36. The van der Waals surface area contributed by atoms with E-state index in [0.29, 0.717) is 6.04 Å². The van der Waals surface area contributed by atoms with Crippen molar-refractivity contribution >= 4 is 5.91 Å². The number of carbonyl (C=O) groups excluding carboxylic acids is 1. The molecule has 6 nitrogen and oxygen atoms in total. The first-order valence-electron chi connectivity index (χ1n) is 5.08. The minimum atomic E-state index is -0.376. The van der Waals surface area contributed by atoms with Gasteiger partial charge in [-0.25, -0.2) is 9.67 Å². The van der Waals surface area contributed by atoms with E-state index in [1.807, 2.05) is 6.92 Å². The minimum Gasteiger partial charge on any atom is -0.368 e. The van der Waals surface area contributed by atoms with E-state index in [0.717, 1.165) is 12.8 Å². The summed E-state index contributed by atoms with van der Waals surface area (Å²) >= 11 is 0. The summed E-state index contributed by atoms with van der Waals surface area (Å²) in [6, 6.07) is -0.0433. The molecule has 1 fully saturated rings. The van der Waals surface area contributed by atoms with Gasteiger partial charge in [-0.3, -0.25) is 4.79 Å². The van der Waals surface area contributed by atoms with Gasteiger partial charge >= 0.3 is 0 Å². The van der Waals surface area contributed by atoms with Crippen LogP contribution in [0.3, 0.4) is 0 Å². The lowest BCUT2D eigenvalue weighted by Gasteiger charge is -2.22. The SMILES string of the molecule is CC(C(NC1CC1)C(N)=O)n1cncn1. The van der Waals surface area contributed by atoms with Crippen LogP contribution in [0.1, 0.15) is 25.8 Å². The number of hydrogen-bond donors (Lipinski definition) is 2. The van der Waals surface area contributed by atoms with Gasteiger partial charge in [0, 0.05) is 6.04 Å². The van der Waals surface area contributed by atoms with Crippen LogP contribution in [0.15, 0.2) is 12.7 Å². The lowest BCUT2D eigenvalue weighted by atomic mass is 10.1. The van der Waals surface area contributed by atoms with Crippen molar-refractivity contribution in [2.45, 2.75) is 37.9 Å². The first kappa shape index (κ1) is 10.1. The van der Waals surface area contributed by atoms with Gasteiger partial charge in [-0.05, 0) is 19.8 Å². The summed E-state index contributed by atoms with van der Waals surface area (Å²) < 4.78 is 1.64. The van der Waals surface area contributed by atoms with Crippen LogP contribution < -0.4 is 11.1 Å². The Balaban J connectivity index is 2.05. The molecule has 0 spiro atoms. The van der Waals surface area contributed by atoms with Gasteiger partial charge in [0.1, 0.15) is 18.7 Å². The molecule has 1 aliphatic carbocycles. The molecule has 1 heterocycles. The Kier molecular flexibility index (Phi) is 2.68. The molecule has 1 aromatic rings. The van der Waals surface area contributed by atoms with Crippen molar-refractivity contribution in [2.75, 3.05) is 0 Å².